The topological polar surface area (TPSA) is 49.7 Å². The smallest absolute Gasteiger partial charge is 0.177 e. The molecule has 0 amide bonds. The average Bonchev–Trinajstić information content (AvgIpc) is 2.18. The molecular formula is C10H18O3S2. The minimum atomic E-state index is -0.942. The number of hydrogen-bond donors (Lipinski definition) is 2. The van der Waals surface area contributed by atoms with Gasteiger partial charge in [0.1, 0.15) is 4.93 Å². The van der Waals surface area contributed by atoms with Crippen molar-refractivity contribution >= 4 is 24.1 Å². The third-order valence-corrected chi connectivity index (χ3v) is 2.73. The fourth-order valence-corrected chi connectivity index (χ4v) is 1.94. The van der Waals surface area contributed by atoms with Gasteiger partial charge in [0.15, 0.2) is 4.93 Å². The number of rotatable bonds is 6. The number of allylic oxidation sites excluding steroid dienone is 2. The molecule has 0 saturated carbocycles. The zero-order valence-corrected chi connectivity index (χ0v) is 11.1. The molecule has 5 heteroatoms. The van der Waals surface area contributed by atoms with Crippen molar-refractivity contribution in [2.45, 2.75) is 37.6 Å². The van der Waals surface area contributed by atoms with Crippen LogP contribution in [0.4, 0.5) is 0 Å². The van der Waals surface area contributed by atoms with Crippen molar-refractivity contribution in [2.24, 2.45) is 0 Å². The molecule has 0 atom stereocenters. The molecule has 0 rings (SSSR count). The van der Waals surface area contributed by atoms with Gasteiger partial charge in [-0.05, 0) is 39.8 Å². The first-order valence-electron chi connectivity index (χ1n) is 4.58. The van der Waals surface area contributed by atoms with Crippen LogP contribution in [0.15, 0.2) is 24.3 Å². The molecule has 0 aromatic rings. The molecular weight excluding hydrogens is 232 g/mol. The highest BCUT2D eigenvalue weighted by atomic mass is 32.2. The molecule has 0 aromatic heterocycles. The van der Waals surface area contributed by atoms with Gasteiger partial charge in [-0.15, -0.1) is 0 Å². The maximum Gasteiger partial charge on any atom is 0.177 e. The highest BCUT2D eigenvalue weighted by molar-refractivity contribution is 7.96. The van der Waals surface area contributed by atoms with Gasteiger partial charge in [0.2, 0.25) is 0 Å². The Hall–Kier alpha value is 0.0600. The predicted octanol–water partition coefficient (Wildman–Crippen LogP) is 4.00. The van der Waals surface area contributed by atoms with Gasteiger partial charge in [-0.2, -0.15) is 0 Å². The summed E-state index contributed by atoms with van der Waals surface area (Å²) in [6, 6.07) is 0. The van der Waals surface area contributed by atoms with Crippen molar-refractivity contribution in [2.75, 3.05) is 0 Å². The predicted molar refractivity (Wildman–Crippen MR) is 68.0 cm³/mol. The first kappa shape index (κ1) is 15.1. The molecule has 0 aliphatic rings. The molecule has 0 aromatic carbocycles. The van der Waals surface area contributed by atoms with Crippen molar-refractivity contribution in [3.8, 4) is 0 Å². The zero-order valence-electron chi connectivity index (χ0n) is 9.43. The molecule has 0 fully saturated rings. The Kier molecular flexibility index (Phi) is 6.63. The summed E-state index contributed by atoms with van der Waals surface area (Å²) < 4.78 is 24.0. The standard InChI is InChI=1S/C10H18O3S2/c1-5-7-10(15-12,8-6-2)13-9(3,4)14-11/h5-8,11-12H,1-4H3. The second-order valence-electron chi connectivity index (χ2n) is 3.41. The van der Waals surface area contributed by atoms with Gasteiger partial charge in [-0.3, -0.25) is 0 Å². The van der Waals surface area contributed by atoms with Crippen LogP contribution in [0.2, 0.25) is 0 Å². The van der Waals surface area contributed by atoms with E-state index in [0.717, 1.165) is 0 Å². The van der Waals surface area contributed by atoms with Crippen molar-refractivity contribution < 1.29 is 13.8 Å². The Morgan fingerprint density at radius 3 is 1.73 bits per heavy atom. The lowest BCUT2D eigenvalue weighted by Crippen LogP contribution is -2.34. The van der Waals surface area contributed by atoms with Gasteiger partial charge in [0.05, 0.1) is 0 Å². The number of ether oxygens (including phenoxy) is 1. The molecule has 0 aliphatic carbocycles. The SMILES string of the molecule is CC=CC(C=CC)(OC(C)(C)SO)SO. The minimum Gasteiger partial charge on any atom is -0.336 e. The molecule has 2 N–H and O–H groups in total. The molecule has 0 aliphatic heterocycles. The molecule has 15 heavy (non-hydrogen) atoms. The lowest BCUT2D eigenvalue weighted by atomic mass is 10.2. The summed E-state index contributed by atoms with van der Waals surface area (Å²) in [5, 5.41) is 0. The van der Waals surface area contributed by atoms with E-state index in [-0.39, 0.29) is 0 Å². The van der Waals surface area contributed by atoms with E-state index in [0.29, 0.717) is 24.1 Å². The summed E-state index contributed by atoms with van der Waals surface area (Å²) in [6.45, 7) is 7.15. The van der Waals surface area contributed by atoms with Gasteiger partial charge in [-0.25, -0.2) is 0 Å². The third kappa shape index (κ3) is 5.08. The van der Waals surface area contributed by atoms with E-state index in [2.05, 4.69) is 0 Å². The van der Waals surface area contributed by atoms with Gasteiger partial charge in [-0.1, -0.05) is 12.2 Å². The van der Waals surface area contributed by atoms with Crippen LogP contribution >= 0.6 is 24.1 Å². The molecule has 0 heterocycles. The minimum absolute atomic E-state index is 0.588. The Morgan fingerprint density at radius 2 is 1.47 bits per heavy atom. The molecule has 0 saturated heterocycles. The highest BCUT2D eigenvalue weighted by Gasteiger charge is 2.34. The molecule has 0 radical (unpaired) electrons. The van der Waals surface area contributed by atoms with Gasteiger partial charge in [0, 0.05) is 24.1 Å². The lowest BCUT2D eigenvalue weighted by Gasteiger charge is -2.32. The summed E-state index contributed by atoms with van der Waals surface area (Å²) in [4.78, 5) is -1.72. The van der Waals surface area contributed by atoms with Gasteiger partial charge >= 0.3 is 0 Å². The van der Waals surface area contributed by atoms with Crippen LogP contribution in [-0.2, 0) is 4.74 Å². The average molecular weight is 250 g/mol. The molecule has 0 spiro atoms. The van der Waals surface area contributed by atoms with Crippen molar-refractivity contribution in [3.63, 3.8) is 0 Å². The van der Waals surface area contributed by atoms with E-state index >= 15 is 0 Å². The summed E-state index contributed by atoms with van der Waals surface area (Å²) >= 11 is 1.20. The van der Waals surface area contributed by atoms with Crippen LogP contribution in [0.3, 0.4) is 0 Å². The van der Waals surface area contributed by atoms with Crippen LogP contribution in [0, 0.1) is 0 Å². The van der Waals surface area contributed by atoms with E-state index in [4.69, 9.17) is 9.29 Å². The lowest BCUT2D eigenvalue weighted by molar-refractivity contribution is 0.0101. The Labute approximate surface area is 100 Å². The van der Waals surface area contributed by atoms with E-state index in [1.807, 2.05) is 13.8 Å². The summed E-state index contributed by atoms with van der Waals surface area (Å²) in [6.07, 6.45) is 7.05. The van der Waals surface area contributed by atoms with Crippen molar-refractivity contribution in [1.29, 1.82) is 0 Å². The zero-order chi connectivity index (χ0) is 11.9. The first-order valence-corrected chi connectivity index (χ1v) is 6.13. The Morgan fingerprint density at radius 1 is 1.00 bits per heavy atom. The van der Waals surface area contributed by atoms with Crippen LogP contribution in [0.25, 0.3) is 0 Å². The maximum atomic E-state index is 9.30. The highest BCUT2D eigenvalue weighted by Crippen LogP contribution is 2.36. The maximum absolute atomic E-state index is 9.30. The van der Waals surface area contributed by atoms with E-state index in [9.17, 15) is 4.55 Å². The van der Waals surface area contributed by atoms with Crippen LogP contribution < -0.4 is 0 Å². The second kappa shape index (κ2) is 6.60. The van der Waals surface area contributed by atoms with Crippen LogP contribution in [0.1, 0.15) is 27.7 Å². The fraction of sp³-hybridized carbons (Fsp3) is 0.600. The van der Waals surface area contributed by atoms with Crippen molar-refractivity contribution in [3.05, 3.63) is 24.3 Å². The quantitative estimate of drug-likeness (QED) is 0.424. The largest absolute Gasteiger partial charge is 0.336 e. The molecule has 0 bridgehead atoms. The first-order chi connectivity index (χ1) is 6.95. The summed E-state index contributed by atoms with van der Waals surface area (Å²) in [7, 11) is 0. The molecule has 3 nitrogen and oxygen atoms in total. The summed E-state index contributed by atoms with van der Waals surface area (Å²) in [5.41, 5.74) is 0. The second-order valence-corrected chi connectivity index (χ2v) is 5.39. The van der Waals surface area contributed by atoms with Gasteiger partial charge in [0.25, 0.3) is 0 Å². The monoisotopic (exact) mass is 250 g/mol. The fourth-order valence-electron chi connectivity index (χ4n) is 1.07. The summed E-state index contributed by atoms with van der Waals surface area (Å²) in [5.74, 6) is 0. The van der Waals surface area contributed by atoms with E-state index in [1.54, 1.807) is 38.2 Å². The normalized spacial score (nSPS) is 17.5. The van der Waals surface area contributed by atoms with Crippen LogP contribution in [0.5, 0.6) is 0 Å². The van der Waals surface area contributed by atoms with Crippen molar-refractivity contribution in [1.82, 2.24) is 0 Å². The Balaban J connectivity index is 4.92. The molecule has 88 valence electrons. The van der Waals surface area contributed by atoms with Crippen LogP contribution in [-0.4, -0.2) is 19.0 Å². The Bertz CT molecular complexity index is 225. The number of hydrogen-bond acceptors (Lipinski definition) is 5. The molecule has 0 unspecified atom stereocenters. The van der Waals surface area contributed by atoms with Gasteiger partial charge < -0.3 is 13.8 Å². The van der Waals surface area contributed by atoms with E-state index in [1.165, 1.54) is 0 Å². The third-order valence-electron chi connectivity index (χ3n) is 1.57. The van der Waals surface area contributed by atoms with E-state index < -0.39 is 9.87 Å².